The van der Waals surface area contributed by atoms with E-state index in [1.807, 2.05) is 12.5 Å². The van der Waals surface area contributed by atoms with E-state index in [1.54, 1.807) is 0 Å². The quantitative estimate of drug-likeness (QED) is 0.528. The van der Waals surface area contributed by atoms with Crippen molar-refractivity contribution in [3.05, 3.63) is 18.2 Å². The number of fused-ring (bicyclic) bond motifs is 1. The van der Waals surface area contributed by atoms with Gasteiger partial charge in [0.15, 0.2) is 0 Å². The maximum atomic E-state index is 4.07. The molecule has 54 valence electrons. The maximum Gasteiger partial charge on any atom is 0.0948 e. The molecule has 1 aromatic heterocycles. The molecule has 0 saturated carbocycles. The molecule has 0 spiro atoms. The van der Waals surface area contributed by atoms with Gasteiger partial charge in [-0.05, 0) is 11.8 Å². The highest BCUT2D eigenvalue weighted by molar-refractivity contribution is 5.07. The van der Waals surface area contributed by atoms with Gasteiger partial charge in [-0.15, -0.1) is 0 Å². The van der Waals surface area contributed by atoms with Crippen molar-refractivity contribution in [1.29, 1.82) is 0 Å². The molecule has 0 atom stereocenters. The zero-order valence-electron chi connectivity index (χ0n) is 6.46. The van der Waals surface area contributed by atoms with Crippen LogP contribution in [-0.2, 0) is 13.0 Å². The van der Waals surface area contributed by atoms with E-state index in [0.29, 0.717) is 5.41 Å². The fourth-order valence-corrected chi connectivity index (χ4v) is 1.65. The Balaban J connectivity index is 2.37. The van der Waals surface area contributed by atoms with Crippen molar-refractivity contribution in [3.63, 3.8) is 0 Å². The van der Waals surface area contributed by atoms with Gasteiger partial charge in [0.2, 0.25) is 0 Å². The zero-order chi connectivity index (χ0) is 7.19. The Kier molecular flexibility index (Phi) is 0.967. The van der Waals surface area contributed by atoms with E-state index in [0.717, 1.165) is 6.54 Å². The summed E-state index contributed by atoms with van der Waals surface area (Å²) < 4.78 is 2.24. The summed E-state index contributed by atoms with van der Waals surface area (Å²) in [6, 6.07) is 0. The first-order valence-electron chi connectivity index (χ1n) is 3.66. The molecular formula is C8H12N2. The second-order valence-corrected chi connectivity index (χ2v) is 3.85. The molecule has 0 saturated heterocycles. The molecule has 1 aromatic rings. The number of hydrogen-bond donors (Lipinski definition) is 0. The second kappa shape index (κ2) is 1.62. The van der Waals surface area contributed by atoms with E-state index in [2.05, 4.69) is 23.4 Å². The van der Waals surface area contributed by atoms with Crippen molar-refractivity contribution in [2.75, 3.05) is 0 Å². The van der Waals surface area contributed by atoms with Gasteiger partial charge >= 0.3 is 0 Å². The smallest absolute Gasteiger partial charge is 0.0948 e. The average Bonchev–Trinajstić information content (AvgIpc) is 2.20. The number of imidazole rings is 1. The molecule has 2 nitrogen and oxygen atoms in total. The summed E-state index contributed by atoms with van der Waals surface area (Å²) in [5, 5.41) is 0. The van der Waals surface area contributed by atoms with E-state index in [4.69, 9.17) is 0 Å². The molecule has 2 heteroatoms. The number of nitrogens with zero attached hydrogens (tertiary/aromatic N) is 2. The van der Waals surface area contributed by atoms with Gasteiger partial charge in [0.25, 0.3) is 0 Å². The summed E-state index contributed by atoms with van der Waals surface area (Å²) in [6.07, 6.45) is 5.06. The fourth-order valence-electron chi connectivity index (χ4n) is 1.65. The molecule has 2 rings (SSSR count). The molecule has 0 fully saturated rings. The van der Waals surface area contributed by atoms with Crippen molar-refractivity contribution in [3.8, 4) is 0 Å². The molecular weight excluding hydrogens is 124 g/mol. The summed E-state index contributed by atoms with van der Waals surface area (Å²) >= 11 is 0. The van der Waals surface area contributed by atoms with Gasteiger partial charge in [0.1, 0.15) is 0 Å². The van der Waals surface area contributed by atoms with E-state index in [9.17, 15) is 0 Å². The third-order valence-electron chi connectivity index (χ3n) is 2.06. The van der Waals surface area contributed by atoms with Crippen molar-refractivity contribution >= 4 is 0 Å². The molecule has 0 amide bonds. The predicted molar refractivity (Wildman–Crippen MR) is 39.7 cm³/mol. The summed E-state index contributed by atoms with van der Waals surface area (Å²) in [6.45, 7) is 5.71. The van der Waals surface area contributed by atoms with Gasteiger partial charge in [0.05, 0.1) is 6.33 Å². The Hall–Kier alpha value is -0.790. The van der Waals surface area contributed by atoms with Gasteiger partial charge in [-0.1, -0.05) is 13.8 Å². The lowest BCUT2D eigenvalue weighted by Crippen LogP contribution is -2.11. The Morgan fingerprint density at radius 1 is 1.60 bits per heavy atom. The third-order valence-corrected chi connectivity index (χ3v) is 2.06. The van der Waals surface area contributed by atoms with Crippen molar-refractivity contribution in [1.82, 2.24) is 9.55 Å². The first-order valence-corrected chi connectivity index (χ1v) is 3.66. The minimum atomic E-state index is 0.457. The van der Waals surface area contributed by atoms with Crippen molar-refractivity contribution in [2.24, 2.45) is 5.41 Å². The van der Waals surface area contributed by atoms with Crippen molar-refractivity contribution < 1.29 is 0 Å². The monoisotopic (exact) mass is 136 g/mol. The Morgan fingerprint density at radius 3 is 3.10 bits per heavy atom. The van der Waals surface area contributed by atoms with E-state index >= 15 is 0 Å². The van der Waals surface area contributed by atoms with E-state index < -0.39 is 0 Å². The standard InChI is InChI=1S/C8H12N2/c1-8(2)3-7-4-9-6-10(7)5-8/h4,6H,3,5H2,1-2H3. The SMILES string of the molecule is CC1(C)Cc2cncn2C1. The largest absolute Gasteiger partial charge is 0.334 e. The lowest BCUT2D eigenvalue weighted by molar-refractivity contribution is 0.357. The van der Waals surface area contributed by atoms with E-state index in [1.165, 1.54) is 12.1 Å². The molecule has 0 radical (unpaired) electrons. The molecule has 0 aromatic carbocycles. The average molecular weight is 136 g/mol. The van der Waals surface area contributed by atoms with Crippen LogP contribution in [0.5, 0.6) is 0 Å². The van der Waals surface area contributed by atoms with Crippen LogP contribution in [0.25, 0.3) is 0 Å². The van der Waals surface area contributed by atoms with Gasteiger partial charge < -0.3 is 4.57 Å². The molecule has 10 heavy (non-hydrogen) atoms. The lowest BCUT2D eigenvalue weighted by Gasteiger charge is -2.14. The summed E-state index contributed by atoms with van der Waals surface area (Å²) in [5.41, 5.74) is 1.84. The van der Waals surface area contributed by atoms with Gasteiger partial charge in [-0.2, -0.15) is 0 Å². The van der Waals surface area contributed by atoms with Crippen LogP contribution < -0.4 is 0 Å². The minimum absolute atomic E-state index is 0.457. The Bertz CT molecular complexity index is 225. The zero-order valence-corrected chi connectivity index (χ0v) is 6.46. The van der Waals surface area contributed by atoms with E-state index in [-0.39, 0.29) is 0 Å². The molecule has 0 bridgehead atoms. The number of rotatable bonds is 0. The van der Waals surface area contributed by atoms with Gasteiger partial charge in [-0.3, -0.25) is 0 Å². The first-order chi connectivity index (χ1) is 4.67. The highest BCUT2D eigenvalue weighted by atomic mass is 15.1. The van der Waals surface area contributed by atoms with Gasteiger partial charge in [0, 0.05) is 18.4 Å². The molecule has 0 unspecified atom stereocenters. The molecule has 2 heterocycles. The van der Waals surface area contributed by atoms with Crippen LogP contribution in [0, 0.1) is 5.41 Å². The Labute approximate surface area is 60.9 Å². The van der Waals surface area contributed by atoms with Crippen LogP contribution in [-0.4, -0.2) is 9.55 Å². The lowest BCUT2D eigenvalue weighted by atomic mass is 9.91. The van der Waals surface area contributed by atoms with Crippen LogP contribution >= 0.6 is 0 Å². The fraction of sp³-hybridized carbons (Fsp3) is 0.625. The highest BCUT2D eigenvalue weighted by Crippen LogP contribution is 2.30. The summed E-state index contributed by atoms with van der Waals surface area (Å²) in [4.78, 5) is 4.07. The number of aromatic nitrogens is 2. The van der Waals surface area contributed by atoms with Crippen LogP contribution in [0.4, 0.5) is 0 Å². The normalized spacial score (nSPS) is 21.0. The third kappa shape index (κ3) is 0.753. The molecule has 1 aliphatic heterocycles. The van der Waals surface area contributed by atoms with Crippen molar-refractivity contribution in [2.45, 2.75) is 26.8 Å². The van der Waals surface area contributed by atoms with Crippen LogP contribution in [0.1, 0.15) is 19.5 Å². The van der Waals surface area contributed by atoms with Gasteiger partial charge in [-0.25, -0.2) is 4.98 Å². The summed E-state index contributed by atoms with van der Waals surface area (Å²) in [5.74, 6) is 0. The Morgan fingerprint density at radius 2 is 2.40 bits per heavy atom. The number of hydrogen-bond acceptors (Lipinski definition) is 1. The van der Waals surface area contributed by atoms with Crippen LogP contribution in [0.15, 0.2) is 12.5 Å². The molecule has 1 aliphatic rings. The first kappa shape index (κ1) is 5.96. The topological polar surface area (TPSA) is 17.8 Å². The maximum absolute atomic E-state index is 4.07. The van der Waals surface area contributed by atoms with Crippen LogP contribution in [0.3, 0.4) is 0 Å². The summed E-state index contributed by atoms with van der Waals surface area (Å²) in [7, 11) is 0. The molecule has 0 aliphatic carbocycles. The van der Waals surface area contributed by atoms with Crippen LogP contribution in [0.2, 0.25) is 0 Å². The second-order valence-electron chi connectivity index (χ2n) is 3.85. The molecule has 0 N–H and O–H groups in total. The highest BCUT2D eigenvalue weighted by Gasteiger charge is 2.27. The minimum Gasteiger partial charge on any atom is -0.334 e. The predicted octanol–water partition coefficient (Wildman–Crippen LogP) is 1.47.